The molecular formula is C17H18FN7O. The average Bonchev–Trinajstić information content (AvgIpc) is 3.08. The first-order valence-electron chi connectivity index (χ1n) is 8.01. The Morgan fingerprint density at radius 3 is 2.54 bits per heavy atom. The van der Waals surface area contributed by atoms with Gasteiger partial charge in [-0.1, -0.05) is 0 Å². The monoisotopic (exact) mass is 355 g/mol. The molecule has 3 rings (SSSR count). The first-order valence-corrected chi connectivity index (χ1v) is 8.01. The minimum absolute atomic E-state index is 0.352. The van der Waals surface area contributed by atoms with Gasteiger partial charge in [-0.25, -0.2) is 13.9 Å². The molecule has 0 saturated heterocycles. The summed E-state index contributed by atoms with van der Waals surface area (Å²) >= 11 is 0. The third kappa shape index (κ3) is 4.76. The number of rotatable bonds is 6. The van der Waals surface area contributed by atoms with Gasteiger partial charge in [0.15, 0.2) is 5.82 Å². The normalized spacial score (nSPS) is 10.4. The molecule has 0 bridgehead atoms. The second-order valence-electron chi connectivity index (χ2n) is 5.49. The molecule has 2 amide bonds. The number of hydrogen-bond donors (Lipinski definition) is 3. The molecule has 0 radical (unpaired) electrons. The van der Waals surface area contributed by atoms with Crippen LogP contribution in [0.4, 0.5) is 20.7 Å². The number of nitrogens with one attached hydrogen (secondary N) is 3. The summed E-state index contributed by atoms with van der Waals surface area (Å²) in [5.74, 6) is 0.869. The fourth-order valence-electron chi connectivity index (χ4n) is 2.16. The quantitative estimate of drug-likeness (QED) is 0.590. The molecule has 0 unspecified atom stereocenters. The van der Waals surface area contributed by atoms with E-state index in [0.717, 1.165) is 5.69 Å². The summed E-state index contributed by atoms with van der Waals surface area (Å²) in [6.45, 7) is 2.76. The maximum Gasteiger partial charge on any atom is 0.319 e. The molecule has 9 heteroatoms. The van der Waals surface area contributed by atoms with E-state index in [-0.39, 0.29) is 11.8 Å². The first kappa shape index (κ1) is 17.3. The lowest BCUT2D eigenvalue weighted by molar-refractivity contribution is 0.252. The summed E-state index contributed by atoms with van der Waals surface area (Å²) in [5.41, 5.74) is 1.42. The summed E-state index contributed by atoms with van der Waals surface area (Å²) in [6.07, 6.45) is 1.82. The van der Waals surface area contributed by atoms with Crippen LogP contribution in [-0.4, -0.2) is 39.1 Å². The third-order valence-electron chi connectivity index (χ3n) is 3.43. The Morgan fingerprint density at radius 2 is 1.88 bits per heavy atom. The number of nitrogens with zero attached hydrogens (tertiary/aromatic N) is 4. The van der Waals surface area contributed by atoms with E-state index < -0.39 is 0 Å². The number of urea groups is 1. The van der Waals surface area contributed by atoms with Gasteiger partial charge in [-0.2, -0.15) is 5.10 Å². The van der Waals surface area contributed by atoms with Gasteiger partial charge in [-0.3, -0.25) is 0 Å². The van der Waals surface area contributed by atoms with Gasteiger partial charge in [0.1, 0.15) is 11.6 Å². The van der Waals surface area contributed by atoms with Crippen molar-refractivity contribution in [3.05, 3.63) is 60.2 Å². The SMILES string of the molecule is Cc1ccn(-c2ccc(NCCNC(=O)Nc3ccc(F)cc3)nn2)n1. The molecule has 0 aliphatic heterocycles. The minimum atomic E-state index is -0.367. The molecule has 2 aromatic heterocycles. The van der Waals surface area contributed by atoms with E-state index in [4.69, 9.17) is 0 Å². The largest absolute Gasteiger partial charge is 0.367 e. The van der Waals surface area contributed by atoms with Crippen molar-refractivity contribution in [3.63, 3.8) is 0 Å². The van der Waals surface area contributed by atoms with Crippen LogP contribution >= 0.6 is 0 Å². The van der Waals surface area contributed by atoms with E-state index in [1.807, 2.05) is 19.2 Å². The van der Waals surface area contributed by atoms with Crippen molar-refractivity contribution in [1.29, 1.82) is 0 Å². The van der Waals surface area contributed by atoms with Crippen LogP contribution in [0.1, 0.15) is 5.69 Å². The highest BCUT2D eigenvalue weighted by atomic mass is 19.1. The van der Waals surface area contributed by atoms with Gasteiger partial charge in [0.2, 0.25) is 0 Å². The Bertz CT molecular complexity index is 862. The molecule has 0 atom stereocenters. The molecule has 0 fully saturated rings. The second-order valence-corrected chi connectivity index (χ2v) is 5.49. The number of aromatic nitrogens is 4. The molecule has 0 saturated carbocycles. The fraction of sp³-hybridized carbons (Fsp3) is 0.176. The number of hydrogen-bond acceptors (Lipinski definition) is 5. The predicted octanol–water partition coefficient (Wildman–Crippen LogP) is 2.34. The molecule has 0 aliphatic rings. The maximum absolute atomic E-state index is 12.8. The molecule has 1 aromatic carbocycles. The van der Waals surface area contributed by atoms with Crippen LogP contribution in [-0.2, 0) is 0 Å². The maximum atomic E-state index is 12.8. The van der Waals surface area contributed by atoms with E-state index >= 15 is 0 Å². The zero-order valence-electron chi connectivity index (χ0n) is 14.1. The van der Waals surface area contributed by atoms with Gasteiger partial charge in [-0.15, -0.1) is 10.2 Å². The van der Waals surface area contributed by atoms with Crippen LogP contribution in [0.2, 0.25) is 0 Å². The molecular weight excluding hydrogens is 337 g/mol. The van der Waals surface area contributed by atoms with Crippen molar-refractivity contribution in [2.75, 3.05) is 23.7 Å². The zero-order valence-corrected chi connectivity index (χ0v) is 14.1. The molecule has 26 heavy (non-hydrogen) atoms. The summed E-state index contributed by atoms with van der Waals surface area (Å²) in [7, 11) is 0. The number of amides is 2. The Morgan fingerprint density at radius 1 is 1.08 bits per heavy atom. The molecule has 134 valence electrons. The van der Waals surface area contributed by atoms with Crippen LogP contribution in [0.3, 0.4) is 0 Å². The molecule has 2 heterocycles. The second kappa shape index (κ2) is 8.06. The number of carbonyl (C=O) groups excluding carboxylic acids is 1. The predicted molar refractivity (Wildman–Crippen MR) is 95.8 cm³/mol. The number of aryl methyl sites for hydroxylation is 1. The van der Waals surface area contributed by atoms with E-state index in [2.05, 4.69) is 31.2 Å². The van der Waals surface area contributed by atoms with Crippen molar-refractivity contribution in [2.45, 2.75) is 6.92 Å². The summed E-state index contributed by atoms with van der Waals surface area (Å²) in [5, 5.41) is 20.8. The third-order valence-corrected chi connectivity index (χ3v) is 3.43. The van der Waals surface area contributed by atoms with Crippen LogP contribution < -0.4 is 16.0 Å². The van der Waals surface area contributed by atoms with E-state index in [9.17, 15) is 9.18 Å². The van der Waals surface area contributed by atoms with Gasteiger partial charge in [0.05, 0.1) is 5.69 Å². The lowest BCUT2D eigenvalue weighted by atomic mass is 10.3. The van der Waals surface area contributed by atoms with Crippen molar-refractivity contribution < 1.29 is 9.18 Å². The highest BCUT2D eigenvalue weighted by Gasteiger charge is 2.03. The topological polar surface area (TPSA) is 96.8 Å². The molecule has 3 aromatic rings. The number of halogens is 1. The number of carbonyl (C=O) groups is 1. The molecule has 8 nitrogen and oxygen atoms in total. The van der Waals surface area contributed by atoms with Crippen molar-refractivity contribution in [3.8, 4) is 5.82 Å². The van der Waals surface area contributed by atoms with Gasteiger partial charge in [-0.05, 0) is 49.4 Å². The van der Waals surface area contributed by atoms with Crippen LogP contribution in [0.5, 0.6) is 0 Å². The highest BCUT2D eigenvalue weighted by molar-refractivity contribution is 5.89. The Hall–Kier alpha value is -3.49. The average molecular weight is 355 g/mol. The summed E-state index contributed by atoms with van der Waals surface area (Å²) < 4.78 is 14.5. The molecule has 3 N–H and O–H groups in total. The van der Waals surface area contributed by atoms with Crippen molar-refractivity contribution in [1.82, 2.24) is 25.3 Å². The summed E-state index contributed by atoms with van der Waals surface area (Å²) in [6, 6.07) is 10.7. The lowest BCUT2D eigenvalue weighted by Crippen LogP contribution is -2.32. The van der Waals surface area contributed by atoms with Gasteiger partial charge >= 0.3 is 6.03 Å². The van der Waals surface area contributed by atoms with E-state index in [1.165, 1.54) is 24.3 Å². The fourth-order valence-corrected chi connectivity index (χ4v) is 2.16. The van der Waals surface area contributed by atoms with Crippen LogP contribution in [0.25, 0.3) is 5.82 Å². The van der Waals surface area contributed by atoms with Gasteiger partial charge in [0.25, 0.3) is 0 Å². The van der Waals surface area contributed by atoms with Gasteiger partial charge < -0.3 is 16.0 Å². The Labute approximate surface area is 149 Å². The smallest absolute Gasteiger partial charge is 0.319 e. The molecule has 0 spiro atoms. The Kier molecular flexibility index (Phi) is 5.37. The van der Waals surface area contributed by atoms with Crippen molar-refractivity contribution in [2.24, 2.45) is 0 Å². The summed E-state index contributed by atoms with van der Waals surface area (Å²) in [4.78, 5) is 11.7. The Balaban J connectivity index is 1.40. The van der Waals surface area contributed by atoms with Gasteiger partial charge in [0, 0.05) is 25.0 Å². The highest BCUT2D eigenvalue weighted by Crippen LogP contribution is 2.08. The number of benzene rings is 1. The van der Waals surface area contributed by atoms with Crippen LogP contribution in [0.15, 0.2) is 48.7 Å². The molecule has 0 aliphatic carbocycles. The van der Waals surface area contributed by atoms with Crippen molar-refractivity contribution >= 4 is 17.5 Å². The zero-order chi connectivity index (χ0) is 18.4. The van der Waals surface area contributed by atoms with E-state index in [1.54, 1.807) is 16.8 Å². The van der Waals surface area contributed by atoms with Crippen LogP contribution in [0, 0.1) is 12.7 Å². The first-order chi connectivity index (χ1) is 12.6. The number of anilines is 2. The standard InChI is InChI=1S/C17H18FN7O/c1-12-8-11-25(24-12)16-7-6-15(22-23-16)19-9-10-20-17(26)21-14-4-2-13(18)3-5-14/h2-8,11H,9-10H2,1H3,(H,19,22)(H2,20,21,26). The minimum Gasteiger partial charge on any atom is -0.367 e. The lowest BCUT2D eigenvalue weighted by Gasteiger charge is -2.09. The van der Waals surface area contributed by atoms with E-state index in [0.29, 0.717) is 30.4 Å².